The van der Waals surface area contributed by atoms with Crippen LogP contribution < -0.4 is 9.60 Å². The van der Waals surface area contributed by atoms with E-state index in [2.05, 4.69) is 16.6 Å². The number of H-pyrrole nitrogens is 1. The molecule has 4 saturated carbocycles. The first-order valence-electron chi connectivity index (χ1n) is 9.48. The Bertz CT molecular complexity index is 986. The maximum absolute atomic E-state index is 13.0. The zero-order chi connectivity index (χ0) is 18.1. The first-order valence-corrected chi connectivity index (χ1v) is 11.8. The average molecular weight is 393 g/mol. The third-order valence-electron chi connectivity index (χ3n) is 7.04. The van der Waals surface area contributed by atoms with E-state index in [1.165, 1.54) is 38.5 Å². The van der Waals surface area contributed by atoms with Crippen LogP contribution in [0.3, 0.4) is 0 Å². The van der Waals surface area contributed by atoms with Crippen molar-refractivity contribution < 1.29 is 8.42 Å². The molecule has 4 aliphatic carbocycles. The summed E-state index contributed by atoms with van der Waals surface area (Å²) in [6.07, 6.45) is 7.54. The van der Waals surface area contributed by atoms with E-state index < -0.39 is 10.0 Å². The van der Waals surface area contributed by atoms with Crippen molar-refractivity contribution in [2.45, 2.75) is 56.4 Å². The van der Waals surface area contributed by atoms with Crippen LogP contribution in [-0.4, -0.2) is 19.4 Å². The molecule has 5 nitrogen and oxygen atoms in total. The van der Waals surface area contributed by atoms with Gasteiger partial charge in [0.05, 0.1) is 15.1 Å². The normalized spacial score (nSPS) is 34.4. The number of hydrogen-bond acceptors (Lipinski definition) is 4. The van der Waals surface area contributed by atoms with Crippen molar-refractivity contribution in [1.82, 2.24) is 9.71 Å². The van der Waals surface area contributed by atoms with E-state index in [0.717, 1.165) is 33.8 Å². The van der Waals surface area contributed by atoms with Crippen LogP contribution in [0, 0.1) is 23.2 Å². The lowest BCUT2D eigenvalue weighted by atomic mass is 9.48. The number of rotatable bonds is 4. The minimum absolute atomic E-state index is 0.0573. The second-order valence-electron chi connectivity index (χ2n) is 8.80. The first-order chi connectivity index (χ1) is 12.3. The molecule has 140 valence electrons. The van der Waals surface area contributed by atoms with Crippen LogP contribution in [0.2, 0.25) is 0 Å². The summed E-state index contributed by atoms with van der Waals surface area (Å²) in [4.78, 5) is 14.3. The van der Waals surface area contributed by atoms with E-state index in [0.29, 0.717) is 5.52 Å². The number of nitrogens with one attached hydrogen (secondary N) is 2. The highest BCUT2D eigenvalue weighted by Gasteiger charge is 2.53. The Morgan fingerprint density at radius 1 is 1.15 bits per heavy atom. The first kappa shape index (κ1) is 17.0. The molecule has 6 rings (SSSR count). The molecule has 1 atom stereocenters. The van der Waals surface area contributed by atoms with Gasteiger partial charge >= 0.3 is 4.87 Å². The van der Waals surface area contributed by atoms with Crippen molar-refractivity contribution in [3.63, 3.8) is 0 Å². The quantitative estimate of drug-likeness (QED) is 0.836. The molecule has 0 amide bonds. The van der Waals surface area contributed by atoms with Crippen LogP contribution in [0.25, 0.3) is 10.2 Å². The van der Waals surface area contributed by atoms with Gasteiger partial charge in [0.25, 0.3) is 0 Å². The van der Waals surface area contributed by atoms with Crippen LogP contribution in [0.15, 0.2) is 27.9 Å². The molecular weight excluding hydrogens is 368 g/mol. The number of sulfonamides is 1. The van der Waals surface area contributed by atoms with Gasteiger partial charge in [0.2, 0.25) is 10.0 Å². The Kier molecular flexibility index (Phi) is 3.69. The summed E-state index contributed by atoms with van der Waals surface area (Å²) in [7, 11) is -3.60. The fourth-order valence-electron chi connectivity index (χ4n) is 6.23. The molecule has 4 bridgehead atoms. The lowest BCUT2D eigenvalue weighted by Gasteiger charge is -2.59. The second kappa shape index (κ2) is 5.66. The summed E-state index contributed by atoms with van der Waals surface area (Å²) < 4.78 is 29.7. The monoisotopic (exact) mass is 392 g/mol. The topological polar surface area (TPSA) is 79.0 Å². The summed E-state index contributed by atoms with van der Waals surface area (Å²) in [5.41, 5.74) is 0.716. The Labute approximate surface area is 157 Å². The summed E-state index contributed by atoms with van der Waals surface area (Å²) in [5, 5.41) is 0. The number of thiazole rings is 1. The molecular formula is C19H24N2O3S2. The van der Waals surface area contributed by atoms with Gasteiger partial charge in [-0.25, -0.2) is 13.1 Å². The molecule has 1 aromatic heterocycles. The molecule has 2 N–H and O–H groups in total. The number of hydrogen-bond donors (Lipinski definition) is 2. The molecule has 0 saturated heterocycles. The SMILES string of the molecule is CC(NS(=O)(=O)c1ccc2sc(=O)[nH]c2c1)C12CC3CC(CC(C3)C1)C2. The predicted octanol–water partition coefficient (Wildman–Crippen LogP) is 3.47. The van der Waals surface area contributed by atoms with Gasteiger partial charge in [-0.2, -0.15) is 0 Å². The Morgan fingerprint density at radius 2 is 1.77 bits per heavy atom. The van der Waals surface area contributed by atoms with E-state index in [1.54, 1.807) is 18.2 Å². The Hall–Kier alpha value is -1.18. The maximum atomic E-state index is 13.0. The molecule has 1 heterocycles. The highest BCUT2D eigenvalue weighted by molar-refractivity contribution is 7.89. The molecule has 7 heteroatoms. The van der Waals surface area contributed by atoms with Gasteiger partial charge < -0.3 is 4.98 Å². The molecule has 1 aromatic carbocycles. The van der Waals surface area contributed by atoms with Crippen LogP contribution in [0.4, 0.5) is 0 Å². The van der Waals surface area contributed by atoms with Crippen LogP contribution >= 0.6 is 11.3 Å². The highest BCUT2D eigenvalue weighted by atomic mass is 32.2. The zero-order valence-electron chi connectivity index (χ0n) is 14.8. The summed E-state index contributed by atoms with van der Waals surface area (Å²) >= 11 is 1.10. The molecule has 0 spiro atoms. The standard InChI is InChI=1S/C19H24N2O3S2/c1-11(19-8-12-4-13(9-19)6-14(5-12)10-19)21-26(23,24)15-2-3-17-16(7-15)20-18(22)25-17/h2-3,7,11-14,21H,4-6,8-10H2,1H3,(H,20,22). The van der Waals surface area contributed by atoms with Crippen molar-refractivity contribution in [3.05, 3.63) is 27.9 Å². The number of aromatic amines is 1. The van der Waals surface area contributed by atoms with E-state index >= 15 is 0 Å². The van der Waals surface area contributed by atoms with Crippen LogP contribution in [0.5, 0.6) is 0 Å². The van der Waals surface area contributed by atoms with E-state index in [1.807, 2.05) is 0 Å². The third kappa shape index (κ3) is 2.67. The molecule has 1 unspecified atom stereocenters. The number of fused-ring (bicyclic) bond motifs is 1. The van der Waals surface area contributed by atoms with Crippen LogP contribution in [0.1, 0.15) is 45.4 Å². The Balaban J connectivity index is 1.43. The molecule has 26 heavy (non-hydrogen) atoms. The van der Waals surface area contributed by atoms with Crippen LogP contribution in [-0.2, 0) is 10.0 Å². The maximum Gasteiger partial charge on any atom is 0.305 e. The van der Waals surface area contributed by atoms with Gasteiger partial charge in [0, 0.05) is 6.04 Å². The van der Waals surface area contributed by atoms with Gasteiger partial charge in [-0.3, -0.25) is 4.79 Å². The smallest absolute Gasteiger partial charge is 0.305 e. The highest BCUT2D eigenvalue weighted by Crippen LogP contribution is 2.61. The summed E-state index contributed by atoms with van der Waals surface area (Å²) in [6.45, 7) is 2.05. The van der Waals surface area contributed by atoms with E-state index in [4.69, 9.17) is 0 Å². The predicted molar refractivity (Wildman–Crippen MR) is 103 cm³/mol. The van der Waals surface area contributed by atoms with Crippen molar-refractivity contribution in [3.8, 4) is 0 Å². The van der Waals surface area contributed by atoms with Crippen molar-refractivity contribution in [2.24, 2.45) is 23.2 Å². The largest absolute Gasteiger partial charge is 0.312 e. The second-order valence-corrected chi connectivity index (χ2v) is 11.5. The van der Waals surface area contributed by atoms with Gasteiger partial charge in [0.15, 0.2) is 0 Å². The number of aromatic nitrogens is 1. The molecule has 4 aliphatic rings. The lowest BCUT2D eigenvalue weighted by molar-refractivity contribution is -0.0666. The zero-order valence-corrected chi connectivity index (χ0v) is 16.5. The van der Waals surface area contributed by atoms with E-state index in [-0.39, 0.29) is 21.2 Å². The van der Waals surface area contributed by atoms with Crippen molar-refractivity contribution in [2.75, 3.05) is 0 Å². The Morgan fingerprint density at radius 3 is 2.38 bits per heavy atom. The molecule has 0 aliphatic heterocycles. The molecule has 4 fully saturated rings. The van der Waals surface area contributed by atoms with E-state index in [9.17, 15) is 13.2 Å². The minimum Gasteiger partial charge on any atom is -0.312 e. The molecule has 2 aromatic rings. The van der Waals surface area contributed by atoms with Gasteiger partial charge in [-0.05, 0) is 86.8 Å². The van der Waals surface area contributed by atoms with Gasteiger partial charge in [-0.15, -0.1) is 0 Å². The van der Waals surface area contributed by atoms with Gasteiger partial charge in [0.1, 0.15) is 0 Å². The molecule has 0 radical (unpaired) electrons. The fraction of sp³-hybridized carbons (Fsp3) is 0.632. The number of benzene rings is 1. The summed E-state index contributed by atoms with van der Waals surface area (Å²) in [6, 6.07) is 4.82. The summed E-state index contributed by atoms with van der Waals surface area (Å²) in [5.74, 6) is 2.38. The fourth-order valence-corrected chi connectivity index (χ4v) is 8.32. The minimum atomic E-state index is -3.60. The average Bonchev–Trinajstić information content (AvgIpc) is 2.92. The lowest BCUT2D eigenvalue weighted by Crippen LogP contribution is -2.55. The third-order valence-corrected chi connectivity index (χ3v) is 9.44. The van der Waals surface area contributed by atoms with Crippen molar-refractivity contribution >= 4 is 31.6 Å². The van der Waals surface area contributed by atoms with Crippen molar-refractivity contribution in [1.29, 1.82) is 0 Å². The van der Waals surface area contributed by atoms with Gasteiger partial charge in [-0.1, -0.05) is 11.3 Å².